The van der Waals surface area contributed by atoms with Gasteiger partial charge < -0.3 is 29.3 Å². The van der Waals surface area contributed by atoms with E-state index in [4.69, 9.17) is 9.47 Å². The van der Waals surface area contributed by atoms with Crippen molar-refractivity contribution in [3.8, 4) is 5.75 Å². The number of ether oxygens (including phenoxy) is 2. The molecule has 1 N–H and O–H groups in total. The lowest BCUT2D eigenvalue weighted by Crippen LogP contribution is -2.57. The number of aromatic nitrogens is 3. The van der Waals surface area contributed by atoms with Crippen molar-refractivity contribution in [2.45, 2.75) is 50.2 Å². The monoisotopic (exact) mass is 688 g/mol. The zero-order chi connectivity index (χ0) is 35.3. The Hall–Kier alpha value is -5.33. The van der Waals surface area contributed by atoms with E-state index in [1.807, 2.05) is 117 Å². The molecule has 4 aliphatic heterocycles. The molecule has 0 aliphatic carbocycles. The minimum absolute atomic E-state index is 0.0742. The molecule has 51 heavy (non-hydrogen) atoms. The first-order valence-electron chi connectivity index (χ1n) is 17.5. The van der Waals surface area contributed by atoms with E-state index in [2.05, 4.69) is 10.3 Å². The van der Waals surface area contributed by atoms with E-state index in [0.29, 0.717) is 35.5 Å². The Morgan fingerprint density at radius 3 is 2.37 bits per heavy atom. The molecule has 1 unspecified atom stereocenters. The predicted octanol–water partition coefficient (Wildman–Crippen LogP) is 3.88. The number of fused-ring (bicyclic) bond motifs is 3. The van der Waals surface area contributed by atoms with Crippen LogP contribution in [0.1, 0.15) is 31.9 Å². The van der Waals surface area contributed by atoms with Crippen LogP contribution in [0.15, 0.2) is 103 Å². The highest BCUT2D eigenvalue weighted by Crippen LogP contribution is 2.60. The minimum atomic E-state index is -1.50. The first-order valence-corrected chi connectivity index (χ1v) is 17.5. The van der Waals surface area contributed by atoms with Gasteiger partial charge in [0.15, 0.2) is 0 Å². The van der Waals surface area contributed by atoms with Gasteiger partial charge in [0.1, 0.15) is 29.6 Å². The third kappa shape index (κ3) is 5.07. The summed E-state index contributed by atoms with van der Waals surface area (Å²) in [6, 6.07) is 22.0. The predicted molar refractivity (Wildman–Crippen MR) is 188 cm³/mol. The van der Waals surface area contributed by atoms with Gasteiger partial charge in [-0.3, -0.25) is 14.4 Å². The van der Waals surface area contributed by atoms with Gasteiger partial charge in [0, 0.05) is 18.8 Å². The molecule has 2 saturated heterocycles. The number of para-hydroxylation sites is 1. The standard InChI is InChI=1S/C39H40N6O6/c1-3-38-20-10-23-43(27-16-18-28(19-17-27)50-4-2)35(47)32(38)33-36(48)45(31(24-46)26-12-6-5-7-13-26)34-37(49)42(22-11-21-39(33,34)51-38)25-44-30-15-9-8-14-29(30)40-41-44/h5-21,31-34,46H,3-4,22-25H2,1-2H3/t31-,32-,33+,34?,38+,39+/m1/s1. The third-order valence-electron chi connectivity index (χ3n) is 10.8. The second-order valence-electron chi connectivity index (χ2n) is 13.4. The maximum Gasteiger partial charge on any atom is 0.250 e. The molecule has 0 bridgehead atoms. The van der Waals surface area contributed by atoms with Gasteiger partial charge in [0.05, 0.1) is 42.2 Å². The second-order valence-corrected chi connectivity index (χ2v) is 13.4. The molecular formula is C39H40N6O6. The highest BCUT2D eigenvalue weighted by atomic mass is 16.5. The van der Waals surface area contributed by atoms with E-state index in [1.165, 1.54) is 4.90 Å². The summed E-state index contributed by atoms with van der Waals surface area (Å²) < 4.78 is 14.5. The van der Waals surface area contributed by atoms with Gasteiger partial charge in [-0.05, 0) is 55.3 Å². The Bertz CT molecular complexity index is 2030. The van der Waals surface area contributed by atoms with Crippen molar-refractivity contribution in [3.05, 3.63) is 109 Å². The van der Waals surface area contributed by atoms with Crippen LogP contribution in [0.25, 0.3) is 11.0 Å². The zero-order valence-electron chi connectivity index (χ0n) is 28.5. The zero-order valence-corrected chi connectivity index (χ0v) is 28.5. The van der Waals surface area contributed by atoms with Gasteiger partial charge in [0.25, 0.3) is 5.91 Å². The van der Waals surface area contributed by atoms with Crippen LogP contribution in [0.4, 0.5) is 5.69 Å². The van der Waals surface area contributed by atoms with Crippen molar-refractivity contribution in [1.29, 1.82) is 0 Å². The highest BCUT2D eigenvalue weighted by molar-refractivity contribution is 6.04. The number of amides is 3. The molecule has 12 heteroatoms. The van der Waals surface area contributed by atoms with E-state index >= 15 is 9.59 Å². The van der Waals surface area contributed by atoms with Crippen LogP contribution >= 0.6 is 0 Å². The molecule has 5 heterocycles. The smallest absolute Gasteiger partial charge is 0.250 e. The Kier molecular flexibility index (Phi) is 8.23. The summed E-state index contributed by atoms with van der Waals surface area (Å²) in [6.07, 6.45) is 7.90. The Morgan fingerprint density at radius 1 is 0.882 bits per heavy atom. The van der Waals surface area contributed by atoms with Crippen LogP contribution in [-0.4, -0.2) is 91.2 Å². The molecule has 3 amide bonds. The van der Waals surface area contributed by atoms with Crippen LogP contribution < -0.4 is 9.64 Å². The third-order valence-corrected chi connectivity index (χ3v) is 10.8. The molecule has 6 atom stereocenters. The number of anilines is 1. The van der Waals surface area contributed by atoms with Gasteiger partial charge in [-0.25, -0.2) is 4.68 Å². The summed E-state index contributed by atoms with van der Waals surface area (Å²) in [6.45, 7) is 4.51. The number of aliphatic hydroxyl groups excluding tert-OH is 1. The fourth-order valence-electron chi connectivity index (χ4n) is 8.54. The lowest BCUT2D eigenvalue weighted by atomic mass is 9.73. The van der Waals surface area contributed by atoms with Crippen LogP contribution in [0.5, 0.6) is 5.75 Å². The van der Waals surface area contributed by atoms with Gasteiger partial charge >= 0.3 is 0 Å². The summed E-state index contributed by atoms with van der Waals surface area (Å²) in [5.41, 5.74) is 0.125. The maximum atomic E-state index is 15.2. The van der Waals surface area contributed by atoms with E-state index in [0.717, 1.165) is 5.52 Å². The first kappa shape index (κ1) is 32.9. The van der Waals surface area contributed by atoms with Crippen LogP contribution in [0.2, 0.25) is 0 Å². The van der Waals surface area contributed by atoms with Crippen molar-refractivity contribution in [2.75, 3.05) is 31.2 Å². The maximum absolute atomic E-state index is 15.2. The van der Waals surface area contributed by atoms with Gasteiger partial charge in [-0.15, -0.1) is 5.10 Å². The highest BCUT2D eigenvalue weighted by Gasteiger charge is 2.76. The van der Waals surface area contributed by atoms with E-state index in [9.17, 15) is 9.90 Å². The first-order chi connectivity index (χ1) is 24.9. The van der Waals surface area contributed by atoms with Crippen LogP contribution in [-0.2, 0) is 25.8 Å². The number of likely N-dealkylation sites (tertiary alicyclic amines) is 1. The lowest BCUT2D eigenvalue weighted by Gasteiger charge is -2.40. The van der Waals surface area contributed by atoms with E-state index in [-0.39, 0.29) is 31.6 Å². The summed E-state index contributed by atoms with van der Waals surface area (Å²) in [4.78, 5) is 50.0. The summed E-state index contributed by atoms with van der Waals surface area (Å²) in [5.74, 6) is -2.36. The fourth-order valence-corrected chi connectivity index (χ4v) is 8.54. The number of carbonyl (C=O) groups excluding carboxylic acids is 3. The fraction of sp³-hybridized carbons (Fsp3) is 0.359. The molecule has 4 aromatic rings. The number of nitrogens with zero attached hydrogens (tertiary/aromatic N) is 6. The van der Waals surface area contributed by atoms with Crippen LogP contribution in [0.3, 0.4) is 0 Å². The van der Waals surface area contributed by atoms with Crippen molar-refractivity contribution in [1.82, 2.24) is 24.8 Å². The van der Waals surface area contributed by atoms with Crippen molar-refractivity contribution >= 4 is 34.4 Å². The largest absolute Gasteiger partial charge is 0.494 e. The van der Waals surface area contributed by atoms with Crippen LogP contribution in [0, 0.1) is 11.8 Å². The number of carbonyl (C=O) groups is 3. The van der Waals surface area contributed by atoms with E-state index < -0.39 is 47.6 Å². The molecule has 1 spiro atoms. The second kappa shape index (κ2) is 12.8. The molecule has 262 valence electrons. The Morgan fingerprint density at radius 2 is 1.63 bits per heavy atom. The molecule has 0 radical (unpaired) electrons. The molecule has 8 rings (SSSR count). The van der Waals surface area contributed by atoms with Crippen molar-refractivity contribution in [3.63, 3.8) is 0 Å². The number of benzene rings is 3. The summed E-state index contributed by atoms with van der Waals surface area (Å²) in [5, 5.41) is 19.5. The van der Waals surface area contributed by atoms with Gasteiger partial charge in [0.2, 0.25) is 11.8 Å². The SMILES string of the molecule is CCOc1ccc(N2CC=C[C@]3(CC)O[C@]45C=CCN(Cn6nnc7ccccc76)C(=O)C4N([C@H](CO)c4ccccc4)C(=O)[C@@H]5[C@@H]3C2=O)cc1. The Balaban J connectivity index is 1.24. The minimum Gasteiger partial charge on any atom is -0.494 e. The topological polar surface area (TPSA) is 130 Å². The molecule has 4 aliphatic rings. The average Bonchev–Trinajstić information content (AvgIpc) is 3.70. The summed E-state index contributed by atoms with van der Waals surface area (Å²) >= 11 is 0. The molecular weight excluding hydrogens is 648 g/mol. The van der Waals surface area contributed by atoms with E-state index in [1.54, 1.807) is 14.5 Å². The molecule has 3 aromatic carbocycles. The Labute approximate surface area is 295 Å². The average molecular weight is 689 g/mol. The molecule has 0 saturated carbocycles. The quantitative estimate of drug-likeness (QED) is 0.263. The van der Waals surface area contributed by atoms with Crippen molar-refractivity contribution in [2.24, 2.45) is 11.8 Å². The number of hydrogen-bond donors (Lipinski definition) is 1. The van der Waals surface area contributed by atoms with Gasteiger partial charge in [-0.1, -0.05) is 78.9 Å². The molecule has 1 aromatic heterocycles. The normalized spacial score (nSPS) is 27.7. The van der Waals surface area contributed by atoms with Gasteiger partial charge in [-0.2, -0.15) is 0 Å². The number of rotatable bonds is 9. The number of aliphatic hydroxyl groups is 1. The molecule has 12 nitrogen and oxygen atoms in total. The van der Waals surface area contributed by atoms with Crippen molar-refractivity contribution < 1.29 is 29.0 Å². The number of hydrogen-bond acceptors (Lipinski definition) is 8. The lowest BCUT2D eigenvalue weighted by molar-refractivity contribution is -0.156. The summed E-state index contributed by atoms with van der Waals surface area (Å²) in [7, 11) is 0. The molecule has 2 fully saturated rings.